The molecule has 1 N–H and O–H groups in total. The van der Waals surface area contributed by atoms with Gasteiger partial charge in [-0.3, -0.25) is 9.59 Å². The summed E-state index contributed by atoms with van der Waals surface area (Å²) in [7, 11) is 1.56. The van der Waals surface area contributed by atoms with Gasteiger partial charge in [-0.1, -0.05) is 30.7 Å². The zero-order chi connectivity index (χ0) is 22.7. The predicted octanol–water partition coefficient (Wildman–Crippen LogP) is 4.54. The number of ketones is 1. The Morgan fingerprint density at radius 2 is 1.81 bits per heavy atom. The molecule has 1 saturated heterocycles. The van der Waals surface area contributed by atoms with Crippen LogP contribution in [0.25, 0.3) is 5.76 Å². The Labute approximate surface area is 183 Å². The maximum Gasteiger partial charge on any atom is 0.295 e. The molecule has 6 heteroatoms. The van der Waals surface area contributed by atoms with Crippen LogP contribution in [-0.2, 0) is 9.59 Å². The minimum Gasteiger partial charge on any atom is -0.507 e. The number of hydrogen-bond acceptors (Lipinski definition) is 5. The molecule has 2 aromatic carbocycles. The highest BCUT2D eigenvalue weighted by atomic mass is 16.5. The van der Waals surface area contributed by atoms with E-state index < -0.39 is 17.7 Å². The average Bonchev–Trinajstić information content (AvgIpc) is 3.00. The Kier molecular flexibility index (Phi) is 6.68. The number of likely N-dealkylation sites (tertiary alicyclic amines) is 1. The van der Waals surface area contributed by atoms with Gasteiger partial charge >= 0.3 is 0 Å². The number of aliphatic hydroxyl groups is 1. The van der Waals surface area contributed by atoms with E-state index in [0.717, 1.165) is 11.1 Å². The molecule has 1 amide bonds. The summed E-state index contributed by atoms with van der Waals surface area (Å²) in [5, 5.41) is 11.2. The Morgan fingerprint density at radius 3 is 2.45 bits per heavy atom. The van der Waals surface area contributed by atoms with Crippen LogP contribution in [0.5, 0.6) is 11.5 Å². The van der Waals surface area contributed by atoms with Crippen LogP contribution < -0.4 is 9.47 Å². The molecular weight excluding hydrogens is 394 g/mol. The number of hydrogen-bond donors (Lipinski definition) is 1. The minimum atomic E-state index is -0.704. The van der Waals surface area contributed by atoms with Gasteiger partial charge in [0.1, 0.15) is 5.76 Å². The van der Waals surface area contributed by atoms with E-state index in [0.29, 0.717) is 42.2 Å². The molecule has 31 heavy (non-hydrogen) atoms. The highest BCUT2D eigenvalue weighted by Gasteiger charge is 2.46. The fourth-order valence-corrected chi connectivity index (χ4v) is 3.97. The number of Topliss-reactive ketones (excluding diaryl/α,β-unsaturated/α-hetero) is 1. The third kappa shape index (κ3) is 4.15. The number of aliphatic hydroxyl groups excluding tert-OH is 1. The number of nitrogens with zero attached hydrogens (tertiary/aromatic N) is 1. The second-order valence-corrected chi connectivity index (χ2v) is 7.65. The van der Waals surface area contributed by atoms with Crippen LogP contribution in [0.3, 0.4) is 0 Å². The Balaban J connectivity index is 2.24. The third-order valence-electron chi connectivity index (χ3n) is 5.46. The molecule has 0 radical (unpaired) electrons. The van der Waals surface area contributed by atoms with Gasteiger partial charge in [0.25, 0.3) is 11.7 Å². The molecule has 0 aliphatic carbocycles. The van der Waals surface area contributed by atoms with E-state index in [-0.39, 0.29) is 11.3 Å². The van der Waals surface area contributed by atoms with Crippen molar-refractivity contribution in [3.8, 4) is 11.5 Å². The van der Waals surface area contributed by atoms with Crippen molar-refractivity contribution in [2.45, 2.75) is 40.2 Å². The number of carbonyl (C=O) groups excluding carboxylic acids is 2. The smallest absolute Gasteiger partial charge is 0.295 e. The van der Waals surface area contributed by atoms with Gasteiger partial charge in [0.15, 0.2) is 11.5 Å². The van der Waals surface area contributed by atoms with Crippen molar-refractivity contribution in [2.75, 3.05) is 20.3 Å². The first-order chi connectivity index (χ1) is 14.8. The highest BCUT2D eigenvalue weighted by Crippen LogP contribution is 2.42. The average molecular weight is 424 g/mol. The summed E-state index contributed by atoms with van der Waals surface area (Å²) >= 11 is 0. The monoisotopic (exact) mass is 423 g/mol. The number of amides is 1. The summed E-state index contributed by atoms with van der Waals surface area (Å²) in [6.07, 6.45) is 0.682. The SMILES string of the molecule is CCCN1C(=O)C(=O)/C(=C(/O)c2cc(C)ccc2C)C1c1ccc(OC)c(OCC)c1. The van der Waals surface area contributed by atoms with E-state index in [9.17, 15) is 14.7 Å². The molecule has 6 nitrogen and oxygen atoms in total. The number of benzene rings is 2. The van der Waals surface area contributed by atoms with E-state index in [4.69, 9.17) is 9.47 Å². The zero-order valence-corrected chi connectivity index (χ0v) is 18.7. The molecule has 1 aliphatic heterocycles. The van der Waals surface area contributed by atoms with Crippen molar-refractivity contribution in [1.29, 1.82) is 0 Å². The topological polar surface area (TPSA) is 76.1 Å². The zero-order valence-electron chi connectivity index (χ0n) is 18.7. The summed E-state index contributed by atoms with van der Waals surface area (Å²) in [5.41, 5.74) is 3.12. The van der Waals surface area contributed by atoms with Gasteiger partial charge in [-0.2, -0.15) is 0 Å². The van der Waals surface area contributed by atoms with Gasteiger partial charge in [0, 0.05) is 12.1 Å². The number of rotatable bonds is 7. The molecule has 0 aromatic heterocycles. The van der Waals surface area contributed by atoms with E-state index >= 15 is 0 Å². The van der Waals surface area contributed by atoms with Gasteiger partial charge in [-0.05, 0) is 56.5 Å². The fourth-order valence-electron chi connectivity index (χ4n) is 3.97. The van der Waals surface area contributed by atoms with E-state index in [1.807, 2.05) is 45.9 Å². The Bertz CT molecular complexity index is 1040. The maximum absolute atomic E-state index is 13.1. The third-order valence-corrected chi connectivity index (χ3v) is 5.46. The second-order valence-electron chi connectivity index (χ2n) is 7.65. The maximum atomic E-state index is 13.1. The van der Waals surface area contributed by atoms with Gasteiger partial charge in [0.2, 0.25) is 0 Å². The van der Waals surface area contributed by atoms with Gasteiger partial charge in [-0.15, -0.1) is 0 Å². The number of aryl methyl sites for hydroxylation is 2. The van der Waals surface area contributed by atoms with Crippen molar-refractivity contribution in [3.63, 3.8) is 0 Å². The van der Waals surface area contributed by atoms with Crippen molar-refractivity contribution in [1.82, 2.24) is 4.90 Å². The highest BCUT2D eigenvalue weighted by molar-refractivity contribution is 6.46. The van der Waals surface area contributed by atoms with Crippen LogP contribution in [0.4, 0.5) is 0 Å². The molecule has 2 aromatic rings. The molecule has 1 aliphatic rings. The Morgan fingerprint density at radius 1 is 1.06 bits per heavy atom. The largest absolute Gasteiger partial charge is 0.507 e. The van der Waals surface area contributed by atoms with Crippen molar-refractivity contribution in [2.24, 2.45) is 0 Å². The van der Waals surface area contributed by atoms with Gasteiger partial charge in [-0.25, -0.2) is 0 Å². The molecule has 1 atom stereocenters. The van der Waals surface area contributed by atoms with E-state index in [1.54, 1.807) is 25.3 Å². The predicted molar refractivity (Wildman–Crippen MR) is 119 cm³/mol. The summed E-state index contributed by atoms with van der Waals surface area (Å²) < 4.78 is 11.1. The molecule has 0 saturated carbocycles. The molecule has 3 rings (SSSR count). The quantitative estimate of drug-likeness (QED) is 0.402. The van der Waals surface area contributed by atoms with Crippen molar-refractivity contribution < 1.29 is 24.2 Å². The van der Waals surface area contributed by atoms with Crippen LogP contribution in [0.2, 0.25) is 0 Å². The van der Waals surface area contributed by atoms with E-state index in [1.165, 1.54) is 4.90 Å². The van der Waals surface area contributed by atoms with Crippen LogP contribution in [0.1, 0.15) is 48.6 Å². The molecular formula is C25H29NO5. The minimum absolute atomic E-state index is 0.0970. The molecule has 0 bridgehead atoms. The summed E-state index contributed by atoms with van der Waals surface area (Å²) in [4.78, 5) is 27.5. The van der Waals surface area contributed by atoms with E-state index in [2.05, 4.69) is 0 Å². The first kappa shape index (κ1) is 22.4. The molecule has 1 fully saturated rings. The fraction of sp³-hybridized carbons (Fsp3) is 0.360. The van der Waals surface area contributed by atoms with Crippen LogP contribution >= 0.6 is 0 Å². The summed E-state index contributed by atoms with van der Waals surface area (Å²) in [6.45, 7) is 8.44. The second kappa shape index (κ2) is 9.25. The lowest BCUT2D eigenvalue weighted by Gasteiger charge is -2.25. The molecule has 1 unspecified atom stereocenters. The normalized spacial score (nSPS) is 17.8. The van der Waals surface area contributed by atoms with Gasteiger partial charge in [0.05, 0.1) is 25.3 Å². The van der Waals surface area contributed by atoms with Crippen LogP contribution in [0.15, 0.2) is 42.0 Å². The van der Waals surface area contributed by atoms with Crippen molar-refractivity contribution >= 4 is 17.4 Å². The number of ether oxygens (including phenoxy) is 2. The van der Waals surface area contributed by atoms with Crippen LogP contribution in [-0.4, -0.2) is 42.0 Å². The standard InChI is InChI=1S/C25H29NO5/c1-6-12-26-22(17-10-11-19(30-5)20(14-17)31-7-2)21(24(28)25(26)29)23(27)18-13-15(3)8-9-16(18)4/h8-11,13-14,22,27H,6-7,12H2,1-5H3/b23-21+. The molecule has 164 valence electrons. The molecule has 0 spiro atoms. The first-order valence-electron chi connectivity index (χ1n) is 10.5. The number of carbonyl (C=O) groups is 2. The van der Waals surface area contributed by atoms with Gasteiger partial charge < -0.3 is 19.5 Å². The number of methoxy groups -OCH3 is 1. The first-order valence-corrected chi connectivity index (χ1v) is 10.5. The Hall–Kier alpha value is -3.28. The lowest BCUT2D eigenvalue weighted by atomic mass is 9.93. The lowest BCUT2D eigenvalue weighted by Crippen LogP contribution is -2.30. The lowest BCUT2D eigenvalue weighted by molar-refractivity contribution is -0.139. The van der Waals surface area contributed by atoms with Crippen molar-refractivity contribution in [3.05, 3.63) is 64.2 Å². The molecule has 1 heterocycles. The van der Waals surface area contributed by atoms with Crippen LogP contribution in [0, 0.1) is 13.8 Å². The summed E-state index contributed by atoms with van der Waals surface area (Å²) in [5.74, 6) is -0.348. The summed E-state index contributed by atoms with van der Waals surface area (Å²) in [6, 6.07) is 10.3.